The zero-order chi connectivity index (χ0) is 9.42. The van der Waals surface area contributed by atoms with E-state index in [1.54, 1.807) is 24.3 Å². The van der Waals surface area contributed by atoms with E-state index in [0.717, 1.165) is 0 Å². The fourth-order valence-corrected chi connectivity index (χ4v) is 1.29. The van der Waals surface area contributed by atoms with E-state index in [9.17, 15) is 4.79 Å². The van der Waals surface area contributed by atoms with Crippen molar-refractivity contribution in [1.29, 1.82) is 0 Å². The van der Waals surface area contributed by atoms with Crippen molar-refractivity contribution in [2.75, 3.05) is 5.73 Å². The van der Waals surface area contributed by atoms with Crippen LogP contribution in [0.5, 0.6) is 0 Å². The summed E-state index contributed by atoms with van der Waals surface area (Å²) in [5.74, 6) is 0. The molecule has 0 spiro atoms. The molecule has 0 fully saturated rings. The SMILES string of the molecule is Nc1c(Cl)c(=O)oc2ccccc12. The van der Waals surface area contributed by atoms with Crippen LogP contribution in [-0.2, 0) is 0 Å². The zero-order valence-corrected chi connectivity index (χ0v) is 7.34. The number of anilines is 1. The Balaban J connectivity index is 3.02. The number of nitrogen functional groups attached to an aromatic ring is 1. The van der Waals surface area contributed by atoms with E-state index in [1.807, 2.05) is 0 Å². The summed E-state index contributed by atoms with van der Waals surface area (Å²) in [7, 11) is 0. The number of fused-ring (bicyclic) bond motifs is 1. The first kappa shape index (κ1) is 8.13. The van der Waals surface area contributed by atoms with Crippen molar-refractivity contribution in [3.63, 3.8) is 0 Å². The van der Waals surface area contributed by atoms with Gasteiger partial charge in [-0.25, -0.2) is 4.79 Å². The van der Waals surface area contributed by atoms with Crippen molar-refractivity contribution in [3.05, 3.63) is 39.7 Å². The topological polar surface area (TPSA) is 56.2 Å². The predicted octanol–water partition coefficient (Wildman–Crippen LogP) is 2.03. The number of hydrogen-bond donors (Lipinski definition) is 1. The Bertz CT molecular complexity index is 518. The standard InChI is InChI=1S/C9H6ClNO2/c10-7-8(11)5-3-1-2-4-6(5)13-9(7)12/h1-4H,11H2. The molecule has 0 unspecified atom stereocenters. The molecule has 4 heteroatoms. The lowest BCUT2D eigenvalue weighted by atomic mass is 10.2. The summed E-state index contributed by atoms with van der Waals surface area (Å²) in [5, 5.41) is 0.603. The van der Waals surface area contributed by atoms with Gasteiger partial charge in [-0.2, -0.15) is 0 Å². The zero-order valence-electron chi connectivity index (χ0n) is 6.58. The van der Waals surface area contributed by atoms with Crippen molar-refractivity contribution in [3.8, 4) is 0 Å². The van der Waals surface area contributed by atoms with Crippen LogP contribution in [0.1, 0.15) is 0 Å². The number of nitrogens with two attached hydrogens (primary N) is 1. The van der Waals surface area contributed by atoms with Gasteiger partial charge in [0.05, 0.1) is 5.69 Å². The van der Waals surface area contributed by atoms with Gasteiger partial charge in [-0.1, -0.05) is 23.7 Å². The van der Waals surface area contributed by atoms with E-state index < -0.39 is 5.63 Å². The number of para-hydroxylation sites is 1. The summed E-state index contributed by atoms with van der Waals surface area (Å²) in [6.07, 6.45) is 0. The average Bonchev–Trinajstić information content (AvgIpc) is 2.15. The van der Waals surface area contributed by atoms with Crippen LogP contribution in [-0.4, -0.2) is 0 Å². The maximum atomic E-state index is 11.1. The van der Waals surface area contributed by atoms with Crippen LogP contribution in [0, 0.1) is 0 Å². The predicted molar refractivity (Wildman–Crippen MR) is 51.9 cm³/mol. The molecule has 0 radical (unpaired) electrons. The van der Waals surface area contributed by atoms with E-state index in [1.165, 1.54) is 0 Å². The van der Waals surface area contributed by atoms with Gasteiger partial charge in [0.1, 0.15) is 10.6 Å². The van der Waals surface area contributed by atoms with Crippen LogP contribution < -0.4 is 11.4 Å². The number of hydrogen-bond acceptors (Lipinski definition) is 3. The van der Waals surface area contributed by atoms with Gasteiger partial charge in [-0.05, 0) is 12.1 Å². The molecule has 0 aliphatic heterocycles. The Hall–Kier alpha value is -1.48. The van der Waals surface area contributed by atoms with Gasteiger partial charge in [-0.15, -0.1) is 0 Å². The van der Waals surface area contributed by atoms with Gasteiger partial charge in [-0.3, -0.25) is 0 Å². The lowest BCUT2D eigenvalue weighted by Gasteiger charge is -2.00. The van der Waals surface area contributed by atoms with Crippen molar-refractivity contribution >= 4 is 28.3 Å². The Morgan fingerprint density at radius 2 is 2.00 bits per heavy atom. The minimum absolute atomic E-state index is 0.0568. The second-order valence-electron chi connectivity index (χ2n) is 2.61. The fourth-order valence-electron chi connectivity index (χ4n) is 1.15. The molecule has 1 aromatic carbocycles. The first-order chi connectivity index (χ1) is 6.20. The Morgan fingerprint density at radius 1 is 1.31 bits per heavy atom. The Labute approximate surface area is 78.7 Å². The third kappa shape index (κ3) is 1.17. The van der Waals surface area contributed by atoms with E-state index >= 15 is 0 Å². The second kappa shape index (κ2) is 2.78. The maximum Gasteiger partial charge on any atom is 0.357 e. The summed E-state index contributed by atoms with van der Waals surface area (Å²) in [6, 6.07) is 6.98. The molecule has 66 valence electrons. The maximum absolute atomic E-state index is 11.1. The van der Waals surface area contributed by atoms with Gasteiger partial charge in [0, 0.05) is 5.39 Å². The highest BCUT2D eigenvalue weighted by Gasteiger charge is 2.08. The smallest absolute Gasteiger partial charge is 0.357 e. The summed E-state index contributed by atoms with van der Waals surface area (Å²) in [5.41, 5.74) is 5.75. The largest absolute Gasteiger partial charge is 0.422 e. The molecular formula is C9H6ClNO2. The molecule has 13 heavy (non-hydrogen) atoms. The molecule has 3 nitrogen and oxygen atoms in total. The number of benzene rings is 1. The lowest BCUT2D eigenvalue weighted by molar-refractivity contribution is 0.562. The van der Waals surface area contributed by atoms with E-state index in [4.69, 9.17) is 21.8 Å². The van der Waals surface area contributed by atoms with Crippen molar-refractivity contribution in [2.24, 2.45) is 0 Å². The first-order valence-electron chi connectivity index (χ1n) is 3.67. The fraction of sp³-hybridized carbons (Fsp3) is 0. The molecule has 0 saturated carbocycles. The van der Waals surface area contributed by atoms with Gasteiger partial charge in [0.15, 0.2) is 0 Å². The third-order valence-electron chi connectivity index (χ3n) is 1.80. The molecule has 1 heterocycles. The molecular weight excluding hydrogens is 190 g/mol. The highest BCUT2D eigenvalue weighted by atomic mass is 35.5. The highest BCUT2D eigenvalue weighted by molar-refractivity contribution is 6.34. The molecule has 2 rings (SSSR count). The summed E-state index contributed by atoms with van der Waals surface area (Å²) in [6.45, 7) is 0. The van der Waals surface area contributed by atoms with Gasteiger partial charge in [0.25, 0.3) is 0 Å². The quantitative estimate of drug-likeness (QED) is 0.655. The monoisotopic (exact) mass is 195 g/mol. The lowest BCUT2D eigenvalue weighted by Crippen LogP contribution is -2.03. The molecule has 0 aliphatic carbocycles. The summed E-state index contributed by atoms with van der Waals surface area (Å²) in [4.78, 5) is 11.1. The van der Waals surface area contributed by atoms with Crippen LogP contribution >= 0.6 is 11.6 Å². The Kier molecular flexibility index (Phi) is 1.74. The van der Waals surface area contributed by atoms with Crippen molar-refractivity contribution in [1.82, 2.24) is 0 Å². The van der Waals surface area contributed by atoms with E-state index in [0.29, 0.717) is 11.0 Å². The summed E-state index contributed by atoms with van der Waals surface area (Å²) >= 11 is 5.63. The van der Waals surface area contributed by atoms with Crippen molar-refractivity contribution in [2.45, 2.75) is 0 Å². The highest BCUT2D eigenvalue weighted by Crippen LogP contribution is 2.24. The minimum atomic E-state index is -0.599. The van der Waals surface area contributed by atoms with Crippen LogP contribution in [0.25, 0.3) is 11.0 Å². The first-order valence-corrected chi connectivity index (χ1v) is 4.05. The average molecular weight is 196 g/mol. The Morgan fingerprint density at radius 3 is 2.77 bits per heavy atom. The summed E-state index contributed by atoms with van der Waals surface area (Å²) < 4.78 is 4.91. The molecule has 0 aliphatic rings. The van der Waals surface area contributed by atoms with Gasteiger partial charge < -0.3 is 10.2 Å². The van der Waals surface area contributed by atoms with Crippen molar-refractivity contribution < 1.29 is 4.42 Å². The molecule has 0 amide bonds. The second-order valence-corrected chi connectivity index (χ2v) is 2.99. The molecule has 1 aromatic heterocycles. The molecule has 2 N–H and O–H groups in total. The van der Waals surface area contributed by atoms with E-state index in [2.05, 4.69) is 0 Å². The molecule has 0 saturated heterocycles. The number of rotatable bonds is 0. The normalized spacial score (nSPS) is 10.5. The number of halogens is 1. The minimum Gasteiger partial charge on any atom is -0.422 e. The van der Waals surface area contributed by atoms with Gasteiger partial charge in [0.2, 0.25) is 0 Å². The third-order valence-corrected chi connectivity index (χ3v) is 2.15. The van der Waals surface area contributed by atoms with Crippen LogP contribution in [0.2, 0.25) is 5.02 Å². The van der Waals surface area contributed by atoms with Gasteiger partial charge >= 0.3 is 5.63 Å². The molecule has 2 aromatic rings. The molecule has 0 atom stereocenters. The van der Waals surface area contributed by atoms with Crippen LogP contribution in [0.3, 0.4) is 0 Å². The molecule has 0 bridgehead atoms. The van der Waals surface area contributed by atoms with Crippen LogP contribution in [0.15, 0.2) is 33.5 Å². The van der Waals surface area contributed by atoms with E-state index in [-0.39, 0.29) is 10.7 Å². The van der Waals surface area contributed by atoms with Crippen LogP contribution in [0.4, 0.5) is 5.69 Å².